The Bertz CT molecular complexity index is 773. The smallest absolute Gasteiger partial charge is 0.262 e. The lowest BCUT2D eigenvalue weighted by Gasteiger charge is -2.11. The summed E-state index contributed by atoms with van der Waals surface area (Å²) in [7, 11) is 0. The van der Waals surface area contributed by atoms with Gasteiger partial charge in [0.1, 0.15) is 0 Å². The highest BCUT2D eigenvalue weighted by Crippen LogP contribution is 2.34. The van der Waals surface area contributed by atoms with Gasteiger partial charge in [-0.3, -0.25) is 4.79 Å². The number of ether oxygens (including phenoxy) is 1. The zero-order valence-electron chi connectivity index (χ0n) is 11.9. The molecule has 0 saturated carbocycles. The van der Waals surface area contributed by atoms with Crippen LogP contribution in [0, 0.1) is 0 Å². The van der Waals surface area contributed by atoms with Crippen molar-refractivity contribution in [2.24, 2.45) is 5.16 Å². The first kappa shape index (κ1) is 18.7. The number of anilines is 1. The first-order valence-electron chi connectivity index (χ1n) is 6.45. The Morgan fingerprint density at radius 2 is 1.75 bits per heavy atom. The fourth-order valence-corrected chi connectivity index (χ4v) is 2.68. The molecule has 9 heteroatoms. The normalized spacial score (nSPS) is 10.8. The fraction of sp³-hybridized carbons (Fsp3) is 0.0667. The predicted octanol–water partition coefficient (Wildman–Crippen LogP) is 5.13. The number of hydrogen-bond acceptors (Lipinski definition) is 4. The zero-order valence-corrected chi connectivity index (χ0v) is 14.9. The Labute approximate surface area is 157 Å². The van der Waals surface area contributed by atoms with Gasteiger partial charge in [0.2, 0.25) is 0 Å². The van der Waals surface area contributed by atoms with Gasteiger partial charge in [-0.15, -0.1) is 0 Å². The van der Waals surface area contributed by atoms with Crippen molar-refractivity contribution in [2.45, 2.75) is 0 Å². The summed E-state index contributed by atoms with van der Waals surface area (Å²) in [6.07, 6.45) is 1.17. The maximum atomic E-state index is 11.9. The Kier molecular flexibility index (Phi) is 6.57. The number of nitrogens with one attached hydrogen (secondary N) is 1. The highest BCUT2D eigenvalue weighted by molar-refractivity contribution is 6.42. The molecule has 2 N–H and O–H groups in total. The molecule has 0 unspecified atom stereocenters. The van der Waals surface area contributed by atoms with Crippen LogP contribution < -0.4 is 10.1 Å². The highest BCUT2D eigenvalue weighted by Gasteiger charge is 2.12. The lowest BCUT2D eigenvalue weighted by atomic mass is 10.2. The molecule has 2 aromatic carbocycles. The van der Waals surface area contributed by atoms with E-state index in [4.69, 9.17) is 56.3 Å². The zero-order chi connectivity index (χ0) is 17.7. The van der Waals surface area contributed by atoms with E-state index < -0.39 is 5.91 Å². The average Bonchev–Trinajstić information content (AvgIpc) is 2.50. The quantitative estimate of drug-likeness (QED) is 0.410. The summed E-state index contributed by atoms with van der Waals surface area (Å²) in [5, 5.41) is 15.1. The monoisotopic (exact) mass is 406 g/mol. The van der Waals surface area contributed by atoms with Crippen molar-refractivity contribution in [2.75, 3.05) is 11.9 Å². The van der Waals surface area contributed by atoms with Gasteiger partial charge in [-0.1, -0.05) is 51.6 Å². The van der Waals surface area contributed by atoms with Crippen molar-refractivity contribution in [3.8, 4) is 5.75 Å². The number of benzene rings is 2. The van der Waals surface area contributed by atoms with E-state index in [9.17, 15) is 4.79 Å². The molecule has 0 bridgehead atoms. The minimum atomic E-state index is -0.429. The average molecular weight is 408 g/mol. The molecule has 0 saturated heterocycles. The molecule has 24 heavy (non-hydrogen) atoms. The maximum Gasteiger partial charge on any atom is 0.262 e. The van der Waals surface area contributed by atoms with Crippen molar-refractivity contribution in [1.82, 2.24) is 0 Å². The van der Waals surface area contributed by atoms with Crippen molar-refractivity contribution in [3.63, 3.8) is 0 Å². The van der Waals surface area contributed by atoms with Gasteiger partial charge in [0.05, 0.1) is 26.3 Å². The lowest BCUT2D eigenvalue weighted by molar-refractivity contribution is -0.118. The van der Waals surface area contributed by atoms with Crippen LogP contribution in [-0.2, 0) is 4.79 Å². The summed E-state index contributed by atoms with van der Waals surface area (Å²) in [6, 6.07) is 7.66. The minimum absolute atomic E-state index is 0.151. The topological polar surface area (TPSA) is 70.9 Å². The summed E-state index contributed by atoms with van der Waals surface area (Å²) in [5.74, 6) is -0.278. The molecular weight excluding hydrogens is 398 g/mol. The Balaban J connectivity index is 2.02. The largest absolute Gasteiger partial charge is 0.481 e. The third-order valence-electron chi connectivity index (χ3n) is 2.78. The number of carbonyl (C=O) groups is 1. The van der Waals surface area contributed by atoms with Gasteiger partial charge >= 0.3 is 0 Å². The van der Waals surface area contributed by atoms with Gasteiger partial charge in [-0.2, -0.15) is 0 Å². The molecule has 5 nitrogen and oxygen atoms in total. The highest BCUT2D eigenvalue weighted by atomic mass is 35.5. The summed E-state index contributed by atoms with van der Waals surface area (Å²) in [4.78, 5) is 11.9. The van der Waals surface area contributed by atoms with E-state index in [0.717, 1.165) is 0 Å². The Morgan fingerprint density at radius 3 is 2.33 bits per heavy atom. The molecule has 0 aliphatic rings. The Morgan fingerprint density at radius 1 is 1.08 bits per heavy atom. The summed E-state index contributed by atoms with van der Waals surface area (Å²) < 4.78 is 5.35. The number of nitrogens with zero attached hydrogens (tertiary/aromatic N) is 1. The van der Waals surface area contributed by atoms with Crippen molar-refractivity contribution in [1.29, 1.82) is 0 Å². The number of carbonyl (C=O) groups excluding carboxylic acids is 1. The van der Waals surface area contributed by atoms with Crippen LogP contribution in [0.4, 0.5) is 5.69 Å². The van der Waals surface area contributed by atoms with E-state index in [0.29, 0.717) is 21.3 Å². The number of hydrogen-bond donors (Lipinski definition) is 2. The van der Waals surface area contributed by atoms with Gasteiger partial charge in [0.25, 0.3) is 5.91 Å². The lowest BCUT2D eigenvalue weighted by Crippen LogP contribution is -2.20. The molecule has 0 atom stereocenters. The summed E-state index contributed by atoms with van der Waals surface area (Å²) in [5.41, 5.74) is 0.963. The molecule has 2 rings (SSSR count). The van der Waals surface area contributed by atoms with Crippen LogP contribution in [-0.4, -0.2) is 23.9 Å². The van der Waals surface area contributed by atoms with Crippen LogP contribution in [0.15, 0.2) is 35.5 Å². The summed E-state index contributed by atoms with van der Waals surface area (Å²) >= 11 is 23.8. The van der Waals surface area contributed by atoms with Gasteiger partial charge in [-0.05, 0) is 35.9 Å². The van der Waals surface area contributed by atoms with E-state index in [1.165, 1.54) is 24.4 Å². The number of halogens is 4. The van der Waals surface area contributed by atoms with Gasteiger partial charge in [0, 0.05) is 5.69 Å². The number of amides is 1. The molecule has 0 aliphatic carbocycles. The van der Waals surface area contributed by atoms with Crippen molar-refractivity contribution >= 4 is 64.2 Å². The molecular formula is C15H10Cl4N2O3. The van der Waals surface area contributed by atoms with Crippen LogP contribution in [0.25, 0.3) is 0 Å². The third-order valence-corrected chi connectivity index (χ3v) is 4.08. The molecule has 0 radical (unpaired) electrons. The second kappa shape index (κ2) is 8.44. The molecule has 1 amide bonds. The second-order valence-electron chi connectivity index (χ2n) is 4.52. The third kappa shape index (κ3) is 4.92. The standard InChI is InChI=1S/C15H10Cl4N2O3/c16-10-2-1-9(5-11(10)17)21-14(22)7-24-15-12(18)3-8(6-20-23)4-13(15)19/h1-6,23H,7H2,(H,21,22)/b20-6+. The molecule has 0 fully saturated rings. The van der Waals surface area contributed by atoms with Crippen LogP contribution >= 0.6 is 46.4 Å². The predicted molar refractivity (Wildman–Crippen MR) is 96.4 cm³/mol. The van der Waals surface area contributed by atoms with Crippen LogP contribution in [0.1, 0.15) is 5.56 Å². The van der Waals surface area contributed by atoms with E-state index in [1.54, 1.807) is 12.1 Å². The first-order chi connectivity index (χ1) is 11.4. The van der Waals surface area contributed by atoms with E-state index >= 15 is 0 Å². The molecule has 126 valence electrons. The minimum Gasteiger partial charge on any atom is -0.481 e. The number of rotatable bonds is 5. The van der Waals surface area contributed by atoms with E-state index in [2.05, 4.69) is 10.5 Å². The first-order valence-corrected chi connectivity index (χ1v) is 7.96. The van der Waals surface area contributed by atoms with Crippen LogP contribution in [0.5, 0.6) is 5.75 Å². The van der Waals surface area contributed by atoms with E-state index in [1.807, 2.05) is 0 Å². The molecule has 0 aromatic heterocycles. The van der Waals surface area contributed by atoms with Gasteiger partial charge in [0.15, 0.2) is 12.4 Å². The molecule has 0 heterocycles. The van der Waals surface area contributed by atoms with Crippen LogP contribution in [0.2, 0.25) is 20.1 Å². The molecule has 2 aromatic rings. The second-order valence-corrected chi connectivity index (χ2v) is 6.15. The molecule has 0 spiro atoms. The molecule has 0 aliphatic heterocycles. The number of oxime groups is 1. The van der Waals surface area contributed by atoms with Crippen molar-refractivity contribution in [3.05, 3.63) is 56.0 Å². The summed E-state index contributed by atoms with van der Waals surface area (Å²) in [6.45, 7) is -0.312. The van der Waals surface area contributed by atoms with Gasteiger partial charge < -0.3 is 15.3 Å². The van der Waals surface area contributed by atoms with E-state index in [-0.39, 0.29) is 22.4 Å². The SMILES string of the molecule is O=C(COc1c(Cl)cc(/C=N/O)cc1Cl)Nc1ccc(Cl)c(Cl)c1. The van der Waals surface area contributed by atoms with Gasteiger partial charge in [-0.25, -0.2) is 0 Å². The maximum absolute atomic E-state index is 11.9. The fourth-order valence-electron chi connectivity index (χ4n) is 1.77. The van der Waals surface area contributed by atoms with Crippen molar-refractivity contribution < 1.29 is 14.7 Å². The Hall–Kier alpha value is -1.66. The van der Waals surface area contributed by atoms with Crippen LogP contribution in [0.3, 0.4) is 0 Å².